The summed E-state index contributed by atoms with van der Waals surface area (Å²) in [6.07, 6.45) is -3.49. The van der Waals surface area contributed by atoms with E-state index in [-0.39, 0.29) is 18.7 Å². The van der Waals surface area contributed by atoms with Gasteiger partial charge in [0.15, 0.2) is 0 Å². The standard InChI is InChI=1S/C13H19F3N4/c1-4-9-18-10(17-5-2)8(3)11(19-9)20-12(6-7-12)13(14,15)16/h4-7H2,1-3H3,(H2,17,18,19,20). The van der Waals surface area contributed by atoms with Crippen LogP contribution in [0.4, 0.5) is 24.8 Å². The van der Waals surface area contributed by atoms with Gasteiger partial charge in [0.25, 0.3) is 0 Å². The van der Waals surface area contributed by atoms with Crippen molar-refractivity contribution in [1.29, 1.82) is 0 Å². The highest BCUT2D eigenvalue weighted by Gasteiger charge is 2.63. The van der Waals surface area contributed by atoms with Gasteiger partial charge < -0.3 is 10.6 Å². The van der Waals surface area contributed by atoms with Crippen LogP contribution in [0.3, 0.4) is 0 Å². The van der Waals surface area contributed by atoms with Gasteiger partial charge in [-0.25, -0.2) is 9.97 Å². The maximum absolute atomic E-state index is 13.0. The van der Waals surface area contributed by atoms with Gasteiger partial charge in [-0.2, -0.15) is 13.2 Å². The average molecular weight is 288 g/mol. The highest BCUT2D eigenvalue weighted by atomic mass is 19.4. The third kappa shape index (κ3) is 2.66. The molecule has 1 saturated carbocycles. The number of aryl methyl sites for hydroxylation is 1. The van der Waals surface area contributed by atoms with Crippen molar-refractivity contribution in [2.24, 2.45) is 0 Å². The molecule has 1 heterocycles. The first-order chi connectivity index (χ1) is 9.33. The first kappa shape index (κ1) is 14.9. The molecule has 1 aromatic heterocycles. The Morgan fingerprint density at radius 3 is 2.20 bits per heavy atom. The lowest BCUT2D eigenvalue weighted by atomic mass is 10.2. The predicted octanol–water partition coefficient (Wildman–Crippen LogP) is 3.29. The number of nitrogens with one attached hydrogen (secondary N) is 2. The topological polar surface area (TPSA) is 49.8 Å². The summed E-state index contributed by atoms with van der Waals surface area (Å²) in [5.74, 6) is 1.41. The molecule has 112 valence electrons. The van der Waals surface area contributed by atoms with Crippen molar-refractivity contribution in [3.63, 3.8) is 0 Å². The first-order valence-electron chi connectivity index (χ1n) is 6.79. The van der Waals surface area contributed by atoms with Crippen molar-refractivity contribution < 1.29 is 13.2 Å². The molecular weight excluding hydrogens is 269 g/mol. The molecule has 0 unspecified atom stereocenters. The highest BCUT2D eigenvalue weighted by Crippen LogP contribution is 2.51. The third-order valence-electron chi connectivity index (χ3n) is 3.50. The third-order valence-corrected chi connectivity index (χ3v) is 3.50. The van der Waals surface area contributed by atoms with Crippen LogP contribution in [0.25, 0.3) is 0 Å². The molecule has 0 aliphatic heterocycles. The number of aromatic nitrogens is 2. The minimum Gasteiger partial charge on any atom is -0.370 e. The van der Waals surface area contributed by atoms with E-state index in [1.165, 1.54) is 0 Å². The molecule has 1 fully saturated rings. The van der Waals surface area contributed by atoms with Gasteiger partial charge in [0, 0.05) is 18.5 Å². The normalized spacial score (nSPS) is 16.9. The van der Waals surface area contributed by atoms with Gasteiger partial charge in [0.1, 0.15) is 23.0 Å². The van der Waals surface area contributed by atoms with Crippen molar-refractivity contribution >= 4 is 11.6 Å². The first-order valence-corrected chi connectivity index (χ1v) is 6.79. The molecule has 0 atom stereocenters. The molecule has 1 aliphatic carbocycles. The zero-order valence-electron chi connectivity index (χ0n) is 11.9. The van der Waals surface area contributed by atoms with Crippen LogP contribution in [0.15, 0.2) is 0 Å². The van der Waals surface area contributed by atoms with Gasteiger partial charge in [0.05, 0.1) is 0 Å². The Hall–Kier alpha value is -1.53. The number of hydrogen-bond acceptors (Lipinski definition) is 4. The van der Waals surface area contributed by atoms with Crippen LogP contribution in [-0.2, 0) is 6.42 Å². The van der Waals surface area contributed by atoms with Gasteiger partial charge in [-0.15, -0.1) is 0 Å². The Morgan fingerprint density at radius 2 is 1.75 bits per heavy atom. The maximum atomic E-state index is 13.0. The van der Waals surface area contributed by atoms with Crippen molar-refractivity contribution in [2.75, 3.05) is 17.2 Å². The Bertz CT molecular complexity index is 495. The number of hydrogen-bond donors (Lipinski definition) is 2. The summed E-state index contributed by atoms with van der Waals surface area (Å²) in [6.45, 7) is 6.18. The number of anilines is 2. The van der Waals surface area contributed by atoms with Gasteiger partial charge in [-0.1, -0.05) is 6.92 Å². The average Bonchev–Trinajstić information content (AvgIpc) is 3.14. The summed E-state index contributed by atoms with van der Waals surface area (Å²) in [5.41, 5.74) is -1.18. The van der Waals surface area contributed by atoms with E-state index in [0.717, 1.165) is 0 Å². The highest BCUT2D eigenvalue weighted by molar-refractivity contribution is 5.59. The van der Waals surface area contributed by atoms with E-state index in [2.05, 4.69) is 20.6 Å². The van der Waals surface area contributed by atoms with Crippen LogP contribution < -0.4 is 10.6 Å². The molecule has 1 aromatic rings. The Morgan fingerprint density at radius 1 is 1.15 bits per heavy atom. The van der Waals surface area contributed by atoms with E-state index in [1.807, 2.05) is 13.8 Å². The molecule has 7 heteroatoms. The van der Waals surface area contributed by atoms with Gasteiger partial charge in [-0.3, -0.25) is 0 Å². The lowest BCUT2D eigenvalue weighted by Crippen LogP contribution is -2.39. The Labute approximate surface area is 116 Å². The maximum Gasteiger partial charge on any atom is 0.411 e. The van der Waals surface area contributed by atoms with Gasteiger partial charge >= 0.3 is 6.18 Å². The fraction of sp³-hybridized carbons (Fsp3) is 0.692. The second-order valence-corrected chi connectivity index (χ2v) is 5.05. The molecule has 2 rings (SSSR count). The molecule has 0 bridgehead atoms. The predicted molar refractivity (Wildman–Crippen MR) is 72.0 cm³/mol. The van der Waals surface area contributed by atoms with Gasteiger partial charge in [0.2, 0.25) is 0 Å². The van der Waals surface area contributed by atoms with Crippen molar-refractivity contribution in [3.05, 3.63) is 11.4 Å². The van der Waals surface area contributed by atoms with E-state index in [0.29, 0.717) is 30.2 Å². The molecule has 0 amide bonds. The Balaban J connectivity index is 2.34. The van der Waals surface area contributed by atoms with E-state index in [4.69, 9.17) is 0 Å². The van der Waals surface area contributed by atoms with Gasteiger partial charge in [-0.05, 0) is 26.7 Å². The molecule has 4 nitrogen and oxygen atoms in total. The zero-order valence-corrected chi connectivity index (χ0v) is 11.9. The number of alkyl halides is 3. The van der Waals surface area contributed by atoms with Crippen LogP contribution in [0, 0.1) is 6.92 Å². The molecule has 1 aliphatic rings. The molecule has 20 heavy (non-hydrogen) atoms. The van der Waals surface area contributed by atoms with Crippen LogP contribution in [0.1, 0.15) is 38.1 Å². The van der Waals surface area contributed by atoms with Crippen molar-refractivity contribution in [3.8, 4) is 0 Å². The number of nitrogens with zero attached hydrogens (tertiary/aromatic N) is 2. The summed E-state index contributed by atoms with van der Waals surface area (Å²) in [4.78, 5) is 8.52. The van der Waals surface area contributed by atoms with E-state index in [9.17, 15) is 13.2 Å². The zero-order chi connectivity index (χ0) is 15.0. The second kappa shape index (κ2) is 5.10. The van der Waals surface area contributed by atoms with E-state index in [1.54, 1.807) is 6.92 Å². The fourth-order valence-corrected chi connectivity index (χ4v) is 2.01. The molecule has 0 spiro atoms. The minimum absolute atomic E-state index is 0.0952. The van der Waals surface area contributed by atoms with Crippen LogP contribution >= 0.6 is 0 Å². The fourth-order valence-electron chi connectivity index (χ4n) is 2.01. The summed E-state index contributed by atoms with van der Waals surface area (Å²) in [7, 11) is 0. The monoisotopic (exact) mass is 288 g/mol. The van der Waals surface area contributed by atoms with Crippen LogP contribution in [0.5, 0.6) is 0 Å². The lowest BCUT2D eigenvalue weighted by Gasteiger charge is -2.23. The summed E-state index contributed by atoms with van der Waals surface area (Å²) < 4.78 is 39.1. The molecule has 0 radical (unpaired) electrons. The molecular formula is C13H19F3N4. The minimum atomic E-state index is -4.25. The van der Waals surface area contributed by atoms with Crippen LogP contribution in [-0.4, -0.2) is 28.2 Å². The lowest BCUT2D eigenvalue weighted by molar-refractivity contribution is -0.151. The molecule has 2 N–H and O–H groups in total. The molecule has 0 aromatic carbocycles. The van der Waals surface area contributed by atoms with Crippen molar-refractivity contribution in [1.82, 2.24) is 9.97 Å². The quantitative estimate of drug-likeness (QED) is 0.873. The second-order valence-electron chi connectivity index (χ2n) is 5.05. The smallest absolute Gasteiger partial charge is 0.370 e. The summed E-state index contributed by atoms with van der Waals surface area (Å²) >= 11 is 0. The molecule has 0 saturated heterocycles. The van der Waals surface area contributed by atoms with Crippen molar-refractivity contribution in [2.45, 2.75) is 51.7 Å². The van der Waals surface area contributed by atoms with E-state index >= 15 is 0 Å². The Kier molecular flexibility index (Phi) is 3.80. The summed E-state index contributed by atoms with van der Waals surface area (Å²) in [5, 5.41) is 5.66. The number of halogens is 3. The van der Waals surface area contributed by atoms with E-state index < -0.39 is 11.7 Å². The largest absolute Gasteiger partial charge is 0.411 e. The SMILES string of the molecule is CCNc1nc(CC)nc(NC2(C(F)(F)F)CC2)c1C. The number of rotatable bonds is 5. The summed E-state index contributed by atoms with van der Waals surface area (Å²) in [6, 6.07) is 0. The van der Waals surface area contributed by atoms with Crippen LogP contribution in [0.2, 0.25) is 0 Å².